The van der Waals surface area contributed by atoms with E-state index in [4.69, 9.17) is 32.4 Å². The number of carbonyl (C=O) groups is 2. The maximum atomic E-state index is 13.0. The van der Waals surface area contributed by atoms with E-state index in [1.165, 1.54) is 0 Å². The molecule has 1 saturated heterocycles. The number of para-hydroxylation sites is 1. The molecule has 3 aromatic carbocycles. The van der Waals surface area contributed by atoms with E-state index >= 15 is 0 Å². The van der Waals surface area contributed by atoms with Crippen molar-refractivity contribution >= 4 is 51.9 Å². The number of nitrogens with one attached hydrogen (secondary N) is 1. The van der Waals surface area contributed by atoms with Crippen LogP contribution in [0.2, 0.25) is 10.0 Å². The monoisotopic (exact) mass is 579 g/mol. The molecule has 2 amide bonds. The first kappa shape index (κ1) is 28.0. The van der Waals surface area contributed by atoms with Crippen LogP contribution in [0, 0.1) is 0 Å². The first-order valence-corrected chi connectivity index (χ1v) is 13.9. The van der Waals surface area contributed by atoms with Gasteiger partial charge in [-0.3, -0.25) is 9.69 Å². The van der Waals surface area contributed by atoms with Gasteiger partial charge in [0.2, 0.25) is 0 Å². The van der Waals surface area contributed by atoms with Crippen LogP contribution in [0.25, 0.3) is 22.3 Å². The molecule has 1 aliphatic heterocycles. The maximum Gasteiger partial charge on any atom is 0.410 e. The highest BCUT2D eigenvalue weighted by Crippen LogP contribution is 2.34. The van der Waals surface area contributed by atoms with Gasteiger partial charge in [-0.05, 0) is 68.8 Å². The molecule has 1 aromatic heterocycles. The Bertz CT molecular complexity index is 1550. The van der Waals surface area contributed by atoms with Crippen LogP contribution < -0.4 is 5.32 Å². The number of rotatable bonds is 5. The summed E-state index contributed by atoms with van der Waals surface area (Å²) in [7, 11) is 0. The molecule has 1 aliphatic rings. The molecular formula is C31H31Cl2N3O4. The zero-order valence-corrected chi connectivity index (χ0v) is 24.2. The fourth-order valence-electron chi connectivity index (χ4n) is 4.65. The van der Waals surface area contributed by atoms with Crippen molar-refractivity contribution in [2.75, 3.05) is 31.5 Å². The summed E-state index contributed by atoms with van der Waals surface area (Å²) in [6.45, 7) is 9.19. The molecule has 4 aromatic rings. The molecule has 9 heteroatoms. The lowest BCUT2D eigenvalue weighted by Gasteiger charge is -2.35. The number of anilines is 1. The number of benzene rings is 3. The van der Waals surface area contributed by atoms with Crippen molar-refractivity contribution < 1.29 is 18.7 Å². The van der Waals surface area contributed by atoms with Crippen molar-refractivity contribution in [3.63, 3.8) is 0 Å². The SMILES string of the molecule is CC(C)(C)OC(=O)N1CCN(Cc2ccc3cc(-c4ccccc4NC(=O)c4ccc(Cl)cc4Cl)oc3c2)CC1. The standard InChI is InChI=1S/C31H31Cl2N3O4/c1-31(2,3)40-30(38)36-14-12-35(13-15-36)19-20-8-9-21-17-28(39-27(21)16-20)24-6-4-5-7-26(24)34-29(37)23-11-10-22(32)18-25(23)33/h4-11,16-18H,12-15,19H2,1-3H3,(H,34,37). The second-order valence-electron chi connectivity index (χ2n) is 10.9. The molecule has 208 valence electrons. The molecule has 40 heavy (non-hydrogen) atoms. The van der Waals surface area contributed by atoms with Gasteiger partial charge in [0.05, 0.1) is 16.3 Å². The number of hydrogen-bond acceptors (Lipinski definition) is 5. The van der Waals surface area contributed by atoms with Crippen LogP contribution in [0.15, 0.2) is 71.1 Å². The third kappa shape index (κ3) is 6.61. The van der Waals surface area contributed by atoms with Gasteiger partial charge in [-0.2, -0.15) is 0 Å². The number of nitrogens with zero attached hydrogens (tertiary/aromatic N) is 2. The average Bonchev–Trinajstić information content (AvgIpc) is 3.31. The number of fused-ring (bicyclic) bond motifs is 1. The average molecular weight is 581 g/mol. The fraction of sp³-hybridized carbons (Fsp3) is 0.290. The Morgan fingerprint density at radius 3 is 2.42 bits per heavy atom. The van der Waals surface area contributed by atoms with Gasteiger partial charge >= 0.3 is 6.09 Å². The number of carbonyl (C=O) groups excluding carboxylic acids is 2. The first-order chi connectivity index (χ1) is 19.1. The highest BCUT2D eigenvalue weighted by Gasteiger charge is 2.26. The summed E-state index contributed by atoms with van der Waals surface area (Å²) in [4.78, 5) is 29.4. The molecule has 0 radical (unpaired) electrons. The van der Waals surface area contributed by atoms with Crippen molar-refractivity contribution in [2.45, 2.75) is 32.9 Å². The van der Waals surface area contributed by atoms with E-state index in [1.54, 1.807) is 23.1 Å². The van der Waals surface area contributed by atoms with E-state index in [2.05, 4.69) is 16.3 Å². The van der Waals surface area contributed by atoms with Gasteiger partial charge in [-0.15, -0.1) is 0 Å². The molecule has 2 heterocycles. The normalized spacial score (nSPS) is 14.4. The van der Waals surface area contributed by atoms with Gasteiger partial charge in [0.1, 0.15) is 16.9 Å². The van der Waals surface area contributed by atoms with Gasteiger partial charge in [0.15, 0.2) is 0 Å². The van der Waals surface area contributed by atoms with Crippen LogP contribution >= 0.6 is 23.2 Å². The molecule has 0 bridgehead atoms. The summed E-state index contributed by atoms with van der Waals surface area (Å²) in [5.41, 5.74) is 3.10. The van der Waals surface area contributed by atoms with Crippen molar-refractivity contribution in [2.24, 2.45) is 0 Å². The summed E-state index contributed by atoms with van der Waals surface area (Å²) in [6, 6.07) is 20.4. The second-order valence-corrected chi connectivity index (χ2v) is 11.7. The number of halogens is 2. The topological polar surface area (TPSA) is 75.0 Å². The Labute approximate surface area is 243 Å². The molecule has 1 N–H and O–H groups in total. The lowest BCUT2D eigenvalue weighted by atomic mass is 10.1. The van der Waals surface area contributed by atoms with E-state index in [0.29, 0.717) is 35.1 Å². The lowest BCUT2D eigenvalue weighted by Crippen LogP contribution is -2.49. The summed E-state index contributed by atoms with van der Waals surface area (Å²) in [5, 5.41) is 4.66. The largest absolute Gasteiger partial charge is 0.456 e. The minimum atomic E-state index is -0.498. The van der Waals surface area contributed by atoms with Gasteiger partial charge in [0, 0.05) is 48.7 Å². The zero-order chi connectivity index (χ0) is 28.4. The molecule has 0 unspecified atom stereocenters. The Kier molecular flexibility index (Phi) is 8.08. The number of amides is 2. The summed E-state index contributed by atoms with van der Waals surface area (Å²) >= 11 is 12.2. The van der Waals surface area contributed by atoms with Crippen LogP contribution in [0.3, 0.4) is 0 Å². The summed E-state index contributed by atoms with van der Waals surface area (Å²) in [6.07, 6.45) is -0.260. The minimum Gasteiger partial charge on any atom is -0.456 e. The minimum absolute atomic E-state index is 0.260. The van der Waals surface area contributed by atoms with Crippen LogP contribution in [-0.2, 0) is 11.3 Å². The third-order valence-electron chi connectivity index (χ3n) is 6.63. The molecule has 5 rings (SSSR count). The predicted octanol–water partition coefficient (Wildman–Crippen LogP) is 7.71. The number of ether oxygens (including phenoxy) is 1. The highest BCUT2D eigenvalue weighted by molar-refractivity contribution is 6.37. The van der Waals surface area contributed by atoms with E-state index in [0.717, 1.165) is 41.7 Å². The quantitative estimate of drug-likeness (QED) is 0.262. The van der Waals surface area contributed by atoms with Crippen LogP contribution in [-0.4, -0.2) is 53.6 Å². The Morgan fingerprint density at radius 1 is 0.950 bits per heavy atom. The highest BCUT2D eigenvalue weighted by atomic mass is 35.5. The summed E-state index contributed by atoms with van der Waals surface area (Å²) < 4.78 is 11.8. The van der Waals surface area contributed by atoms with Crippen molar-refractivity contribution in [1.82, 2.24) is 9.80 Å². The van der Waals surface area contributed by atoms with Gasteiger partial charge in [0.25, 0.3) is 5.91 Å². The van der Waals surface area contributed by atoms with Crippen LogP contribution in [0.4, 0.5) is 10.5 Å². The Hall–Kier alpha value is -3.52. The van der Waals surface area contributed by atoms with Crippen molar-refractivity contribution in [3.8, 4) is 11.3 Å². The Balaban J connectivity index is 1.28. The predicted molar refractivity (Wildman–Crippen MR) is 159 cm³/mol. The smallest absolute Gasteiger partial charge is 0.410 e. The third-order valence-corrected chi connectivity index (χ3v) is 7.18. The number of furan rings is 1. The van der Waals surface area contributed by atoms with Crippen LogP contribution in [0.1, 0.15) is 36.7 Å². The van der Waals surface area contributed by atoms with E-state index in [9.17, 15) is 9.59 Å². The number of hydrogen-bond donors (Lipinski definition) is 1. The Morgan fingerprint density at radius 2 is 1.70 bits per heavy atom. The van der Waals surface area contributed by atoms with Crippen LogP contribution in [0.5, 0.6) is 0 Å². The molecular weight excluding hydrogens is 549 g/mol. The zero-order valence-electron chi connectivity index (χ0n) is 22.7. The molecule has 0 spiro atoms. The molecule has 0 aliphatic carbocycles. The maximum absolute atomic E-state index is 13.0. The van der Waals surface area contributed by atoms with E-state index in [1.807, 2.05) is 63.2 Å². The molecule has 7 nitrogen and oxygen atoms in total. The van der Waals surface area contributed by atoms with Crippen molar-refractivity contribution in [1.29, 1.82) is 0 Å². The van der Waals surface area contributed by atoms with Gasteiger partial charge < -0.3 is 19.4 Å². The molecule has 0 saturated carbocycles. The second kappa shape index (κ2) is 11.5. The summed E-state index contributed by atoms with van der Waals surface area (Å²) in [5.74, 6) is 0.315. The van der Waals surface area contributed by atoms with Gasteiger partial charge in [-0.25, -0.2) is 4.79 Å². The van der Waals surface area contributed by atoms with E-state index in [-0.39, 0.29) is 17.0 Å². The van der Waals surface area contributed by atoms with Crippen molar-refractivity contribution in [3.05, 3.63) is 87.9 Å². The number of piperazine rings is 1. The lowest BCUT2D eigenvalue weighted by molar-refractivity contribution is 0.0139. The molecule has 0 atom stereocenters. The van der Waals surface area contributed by atoms with Gasteiger partial charge in [-0.1, -0.05) is 47.5 Å². The van der Waals surface area contributed by atoms with E-state index < -0.39 is 5.60 Å². The fourth-order valence-corrected chi connectivity index (χ4v) is 5.14. The molecule has 1 fully saturated rings. The first-order valence-electron chi connectivity index (χ1n) is 13.1.